The molecule has 21 heavy (non-hydrogen) atoms. The second-order valence-corrected chi connectivity index (χ2v) is 5.84. The zero-order valence-electron chi connectivity index (χ0n) is 12.6. The highest BCUT2D eigenvalue weighted by atomic mass is 16.5. The van der Waals surface area contributed by atoms with Crippen LogP contribution in [0.5, 0.6) is 0 Å². The Kier molecular flexibility index (Phi) is 4.37. The summed E-state index contributed by atoms with van der Waals surface area (Å²) < 4.78 is 5.93. The van der Waals surface area contributed by atoms with Crippen LogP contribution in [0.25, 0.3) is 11.1 Å². The molecule has 0 radical (unpaired) electrons. The quantitative estimate of drug-likeness (QED) is 0.923. The van der Waals surface area contributed by atoms with Gasteiger partial charge in [0.05, 0.1) is 5.60 Å². The molecule has 0 saturated carbocycles. The fraction of sp³-hybridized carbons (Fsp3) is 0.368. The highest BCUT2D eigenvalue weighted by Gasteiger charge is 2.32. The monoisotopic (exact) mass is 281 g/mol. The van der Waals surface area contributed by atoms with Crippen molar-refractivity contribution in [3.63, 3.8) is 0 Å². The first-order valence-electron chi connectivity index (χ1n) is 7.72. The van der Waals surface area contributed by atoms with Crippen LogP contribution >= 0.6 is 0 Å². The van der Waals surface area contributed by atoms with Crippen molar-refractivity contribution in [3.8, 4) is 11.1 Å². The van der Waals surface area contributed by atoms with E-state index in [1.807, 2.05) is 7.11 Å². The van der Waals surface area contributed by atoms with Crippen LogP contribution in [-0.2, 0) is 11.2 Å². The molecule has 0 bridgehead atoms. The lowest BCUT2D eigenvalue weighted by Gasteiger charge is -2.37. The number of ether oxygens (including phenoxy) is 1. The average Bonchev–Trinajstić information content (AvgIpc) is 2.57. The Hall–Kier alpha value is -1.64. The summed E-state index contributed by atoms with van der Waals surface area (Å²) in [6.45, 7) is 2.09. The fourth-order valence-electron chi connectivity index (χ4n) is 3.26. The van der Waals surface area contributed by atoms with E-state index in [0.29, 0.717) is 0 Å². The van der Waals surface area contributed by atoms with Gasteiger partial charge in [0.25, 0.3) is 0 Å². The highest BCUT2D eigenvalue weighted by Crippen LogP contribution is 2.32. The molecular formula is C19H23NO. The Morgan fingerprint density at radius 3 is 2.33 bits per heavy atom. The van der Waals surface area contributed by atoms with Crippen LogP contribution in [0.3, 0.4) is 0 Å². The van der Waals surface area contributed by atoms with Gasteiger partial charge >= 0.3 is 0 Å². The topological polar surface area (TPSA) is 21.3 Å². The van der Waals surface area contributed by atoms with Crippen molar-refractivity contribution in [2.45, 2.75) is 24.9 Å². The van der Waals surface area contributed by atoms with E-state index in [1.165, 1.54) is 16.7 Å². The molecule has 1 aliphatic heterocycles. The zero-order chi connectivity index (χ0) is 14.5. The van der Waals surface area contributed by atoms with Gasteiger partial charge in [0, 0.05) is 13.5 Å². The molecule has 0 amide bonds. The lowest BCUT2D eigenvalue weighted by molar-refractivity contribution is -0.0332. The van der Waals surface area contributed by atoms with E-state index in [1.54, 1.807) is 0 Å². The van der Waals surface area contributed by atoms with Gasteiger partial charge in [-0.25, -0.2) is 0 Å². The van der Waals surface area contributed by atoms with Crippen molar-refractivity contribution >= 4 is 0 Å². The second kappa shape index (κ2) is 6.42. The Bertz CT molecular complexity index is 573. The van der Waals surface area contributed by atoms with Gasteiger partial charge in [-0.3, -0.25) is 0 Å². The number of methoxy groups -OCH3 is 1. The van der Waals surface area contributed by atoms with Crippen molar-refractivity contribution in [2.24, 2.45) is 0 Å². The molecule has 1 fully saturated rings. The van der Waals surface area contributed by atoms with Crippen LogP contribution in [0.4, 0.5) is 0 Å². The van der Waals surface area contributed by atoms with E-state index in [2.05, 4.69) is 59.9 Å². The van der Waals surface area contributed by atoms with Crippen molar-refractivity contribution in [2.75, 3.05) is 20.2 Å². The summed E-state index contributed by atoms with van der Waals surface area (Å²) in [5, 5.41) is 3.43. The van der Waals surface area contributed by atoms with E-state index >= 15 is 0 Å². The molecule has 1 heterocycles. The Morgan fingerprint density at radius 1 is 0.952 bits per heavy atom. The zero-order valence-corrected chi connectivity index (χ0v) is 12.6. The maximum absolute atomic E-state index is 5.93. The summed E-state index contributed by atoms with van der Waals surface area (Å²) in [6.07, 6.45) is 3.13. The van der Waals surface area contributed by atoms with Crippen LogP contribution < -0.4 is 5.32 Å². The van der Waals surface area contributed by atoms with Crippen LogP contribution in [0.1, 0.15) is 18.4 Å². The van der Waals surface area contributed by atoms with E-state index in [-0.39, 0.29) is 5.60 Å². The molecule has 2 aromatic rings. The molecule has 1 saturated heterocycles. The molecule has 0 unspecified atom stereocenters. The molecule has 2 nitrogen and oxygen atoms in total. The van der Waals surface area contributed by atoms with Crippen LogP contribution in [0, 0.1) is 0 Å². The predicted molar refractivity (Wildman–Crippen MR) is 87.4 cm³/mol. The number of rotatable bonds is 4. The first-order valence-corrected chi connectivity index (χ1v) is 7.72. The van der Waals surface area contributed by atoms with Gasteiger partial charge in [-0.05, 0) is 42.6 Å². The smallest absolute Gasteiger partial charge is 0.0743 e. The first-order chi connectivity index (χ1) is 10.3. The van der Waals surface area contributed by atoms with Crippen LogP contribution in [0.15, 0.2) is 54.6 Å². The molecule has 0 aromatic heterocycles. The molecular weight excluding hydrogens is 258 g/mol. The van der Waals surface area contributed by atoms with E-state index < -0.39 is 0 Å². The summed E-state index contributed by atoms with van der Waals surface area (Å²) in [6, 6.07) is 19.3. The maximum atomic E-state index is 5.93. The highest BCUT2D eigenvalue weighted by molar-refractivity contribution is 5.67. The van der Waals surface area contributed by atoms with Gasteiger partial charge < -0.3 is 10.1 Å². The van der Waals surface area contributed by atoms with Gasteiger partial charge in [0.2, 0.25) is 0 Å². The number of benzene rings is 2. The molecule has 1 aliphatic rings. The molecule has 0 spiro atoms. The molecule has 2 heteroatoms. The van der Waals surface area contributed by atoms with Crippen LogP contribution in [-0.4, -0.2) is 25.8 Å². The third-order valence-electron chi connectivity index (χ3n) is 4.56. The minimum atomic E-state index is -0.0177. The average molecular weight is 281 g/mol. The van der Waals surface area contributed by atoms with Gasteiger partial charge in [-0.1, -0.05) is 54.6 Å². The molecule has 0 atom stereocenters. The van der Waals surface area contributed by atoms with Crippen molar-refractivity contribution in [1.82, 2.24) is 5.32 Å². The molecule has 0 aliphatic carbocycles. The normalized spacial score (nSPS) is 17.6. The summed E-state index contributed by atoms with van der Waals surface area (Å²) in [7, 11) is 1.86. The van der Waals surface area contributed by atoms with E-state index in [9.17, 15) is 0 Å². The summed E-state index contributed by atoms with van der Waals surface area (Å²) >= 11 is 0. The van der Waals surface area contributed by atoms with Gasteiger partial charge in [-0.15, -0.1) is 0 Å². The predicted octanol–water partition coefficient (Wildman–Crippen LogP) is 3.66. The molecule has 110 valence electrons. The molecule has 3 rings (SSSR count). The third kappa shape index (κ3) is 3.17. The van der Waals surface area contributed by atoms with Gasteiger partial charge in [0.15, 0.2) is 0 Å². The van der Waals surface area contributed by atoms with Crippen LogP contribution in [0.2, 0.25) is 0 Å². The summed E-state index contributed by atoms with van der Waals surface area (Å²) in [5.74, 6) is 0. The maximum Gasteiger partial charge on any atom is 0.0743 e. The Balaban J connectivity index is 1.92. The number of hydrogen-bond donors (Lipinski definition) is 1. The van der Waals surface area contributed by atoms with Crippen molar-refractivity contribution in [1.29, 1.82) is 0 Å². The Labute approximate surface area is 127 Å². The number of hydrogen-bond acceptors (Lipinski definition) is 2. The lowest BCUT2D eigenvalue weighted by atomic mass is 9.83. The van der Waals surface area contributed by atoms with Gasteiger partial charge in [0.1, 0.15) is 0 Å². The summed E-state index contributed by atoms with van der Waals surface area (Å²) in [4.78, 5) is 0. The minimum Gasteiger partial charge on any atom is -0.378 e. The molecule has 1 N–H and O–H groups in total. The third-order valence-corrected chi connectivity index (χ3v) is 4.56. The summed E-state index contributed by atoms with van der Waals surface area (Å²) in [5.41, 5.74) is 3.98. The number of nitrogens with one attached hydrogen (secondary N) is 1. The van der Waals surface area contributed by atoms with Crippen molar-refractivity contribution in [3.05, 3.63) is 60.2 Å². The minimum absolute atomic E-state index is 0.0177. The first kappa shape index (κ1) is 14.3. The van der Waals surface area contributed by atoms with Gasteiger partial charge in [-0.2, -0.15) is 0 Å². The second-order valence-electron chi connectivity index (χ2n) is 5.84. The standard InChI is InChI=1S/C19H23NO/c1-21-19(11-13-20-14-12-19)15-17-9-5-6-10-18(17)16-7-3-2-4-8-16/h2-10,20H,11-15H2,1H3. The lowest BCUT2D eigenvalue weighted by Crippen LogP contribution is -2.45. The van der Waals surface area contributed by atoms with E-state index in [4.69, 9.17) is 4.74 Å². The fourth-order valence-corrected chi connectivity index (χ4v) is 3.26. The Morgan fingerprint density at radius 2 is 1.62 bits per heavy atom. The largest absolute Gasteiger partial charge is 0.378 e. The number of piperidine rings is 1. The van der Waals surface area contributed by atoms with Crippen molar-refractivity contribution < 1.29 is 4.74 Å². The SMILES string of the molecule is COC1(Cc2ccccc2-c2ccccc2)CCNCC1. The van der Waals surface area contributed by atoms with E-state index in [0.717, 1.165) is 32.4 Å². The molecule has 2 aromatic carbocycles.